The Morgan fingerprint density at radius 3 is 2.54 bits per heavy atom. The number of anilines is 1. The van der Waals surface area contributed by atoms with Crippen LogP contribution in [0.3, 0.4) is 0 Å². The largest absolute Gasteiger partial charge is 0.418 e. The van der Waals surface area contributed by atoms with Gasteiger partial charge in [-0.1, -0.05) is 19.8 Å². The molecule has 0 bridgehead atoms. The minimum atomic E-state index is -4.82. The number of amides is 1. The maximum atomic E-state index is 13.2. The third-order valence-electron chi connectivity index (χ3n) is 4.75. The van der Waals surface area contributed by atoms with E-state index < -0.39 is 40.0 Å². The smallest absolute Gasteiger partial charge is 0.324 e. The summed E-state index contributed by atoms with van der Waals surface area (Å²) in [5.74, 6) is -0.216. The molecule has 9 heteroatoms. The number of non-ortho nitro benzene ring substituents is 1. The summed E-state index contributed by atoms with van der Waals surface area (Å²) in [5.41, 5.74) is -2.41. The number of nitro groups is 1. The Kier molecular flexibility index (Phi) is 6.22. The summed E-state index contributed by atoms with van der Waals surface area (Å²) in [5, 5.41) is 16.1. The van der Waals surface area contributed by atoms with Crippen molar-refractivity contribution in [2.75, 3.05) is 5.32 Å². The molecule has 2 N–H and O–H groups in total. The molecule has 26 heavy (non-hydrogen) atoms. The molecule has 1 aromatic rings. The minimum Gasteiger partial charge on any atom is -0.324 e. The van der Waals surface area contributed by atoms with Gasteiger partial charge >= 0.3 is 6.18 Å². The summed E-state index contributed by atoms with van der Waals surface area (Å²) in [6, 6.07) is 1.73. The second-order valence-corrected chi connectivity index (χ2v) is 6.73. The maximum Gasteiger partial charge on any atom is 0.418 e. The predicted molar refractivity (Wildman–Crippen MR) is 90.7 cm³/mol. The maximum absolute atomic E-state index is 13.2. The number of nitro benzene ring substituents is 1. The fourth-order valence-electron chi connectivity index (χ4n) is 3.19. The molecule has 1 amide bonds. The normalized spacial score (nSPS) is 21.9. The van der Waals surface area contributed by atoms with Crippen molar-refractivity contribution in [3.8, 4) is 0 Å². The van der Waals surface area contributed by atoms with Crippen LogP contribution in [0, 0.1) is 16.0 Å². The van der Waals surface area contributed by atoms with Crippen molar-refractivity contribution in [1.29, 1.82) is 0 Å². The van der Waals surface area contributed by atoms with Gasteiger partial charge in [0.05, 0.1) is 22.2 Å². The first-order valence-corrected chi connectivity index (χ1v) is 8.52. The van der Waals surface area contributed by atoms with E-state index in [2.05, 4.69) is 17.6 Å². The molecule has 3 atom stereocenters. The van der Waals surface area contributed by atoms with Crippen molar-refractivity contribution < 1.29 is 22.9 Å². The molecule has 6 nitrogen and oxygen atoms in total. The third kappa shape index (κ3) is 4.94. The highest BCUT2D eigenvalue weighted by atomic mass is 19.4. The molecule has 0 unspecified atom stereocenters. The number of nitrogens with zero attached hydrogens (tertiary/aromatic N) is 1. The van der Waals surface area contributed by atoms with Crippen LogP contribution in [-0.2, 0) is 11.0 Å². The lowest BCUT2D eigenvalue weighted by Gasteiger charge is -2.31. The molecule has 1 aliphatic rings. The van der Waals surface area contributed by atoms with E-state index in [9.17, 15) is 28.1 Å². The topological polar surface area (TPSA) is 84.3 Å². The van der Waals surface area contributed by atoms with Crippen LogP contribution in [0.4, 0.5) is 24.5 Å². The van der Waals surface area contributed by atoms with Crippen molar-refractivity contribution in [2.45, 2.75) is 57.8 Å². The standard InChI is InChI=1S/C17H22F3N3O3/c1-10-5-3-4-6-14(10)21-11(2)16(24)22-15-8-7-12(23(25)26)9-13(15)17(18,19)20/h7-11,14,21H,3-6H2,1-2H3,(H,22,24)/t10-,11+,14+/m1/s1. The van der Waals surface area contributed by atoms with Crippen LogP contribution < -0.4 is 10.6 Å². The number of benzene rings is 1. The first-order valence-electron chi connectivity index (χ1n) is 8.52. The van der Waals surface area contributed by atoms with Crippen molar-refractivity contribution >= 4 is 17.3 Å². The predicted octanol–water partition coefficient (Wildman–Crippen LogP) is 4.11. The van der Waals surface area contributed by atoms with Crippen molar-refractivity contribution in [1.82, 2.24) is 5.32 Å². The van der Waals surface area contributed by atoms with Gasteiger partial charge < -0.3 is 10.6 Å². The number of alkyl halides is 3. The van der Waals surface area contributed by atoms with Gasteiger partial charge in [0.1, 0.15) is 0 Å². The van der Waals surface area contributed by atoms with Crippen LogP contribution >= 0.6 is 0 Å². The number of halogens is 3. The average Bonchev–Trinajstić information content (AvgIpc) is 2.56. The summed E-state index contributed by atoms with van der Waals surface area (Å²) < 4.78 is 39.5. The molecule has 0 spiro atoms. The molecule has 0 aromatic heterocycles. The fourth-order valence-corrected chi connectivity index (χ4v) is 3.19. The van der Waals surface area contributed by atoms with Crippen LogP contribution in [0.15, 0.2) is 18.2 Å². The first kappa shape index (κ1) is 20.2. The van der Waals surface area contributed by atoms with E-state index in [1.54, 1.807) is 6.92 Å². The van der Waals surface area contributed by atoms with Gasteiger partial charge in [0.2, 0.25) is 5.91 Å². The Morgan fingerprint density at radius 2 is 1.96 bits per heavy atom. The lowest BCUT2D eigenvalue weighted by molar-refractivity contribution is -0.385. The summed E-state index contributed by atoms with van der Waals surface area (Å²) in [7, 11) is 0. The molecule has 144 valence electrons. The van der Waals surface area contributed by atoms with Gasteiger partial charge in [-0.25, -0.2) is 0 Å². The summed E-state index contributed by atoms with van der Waals surface area (Å²) >= 11 is 0. The number of carbonyl (C=O) groups is 1. The van der Waals surface area contributed by atoms with E-state index in [-0.39, 0.29) is 6.04 Å². The van der Waals surface area contributed by atoms with Gasteiger partial charge in [-0.15, -0.1) is 0 Å². The van der Waals surface area contributed by atoms with Gasteiger partial charge in [0.25, 0.3) is 5.69 Å². The molecule has 1 saturated carbocycles. The molecule has 1 aromatic carbocycles. The highest BCUT2D eigenvalue weighted by molar-refractivity contribution is 5.95. The lowest BCUT2D eigenvalue weighted by Crippen LogP contribution is -2.47. The second kappa shape index (κ2) is 8.03. The minimum absolute atomic E-state index is 0.142. The number of carbonyl (C=O) groups excluding carboxylic acids is 1. The molecule has 0 heterocycles. The van der Waals surface area contributed by atoms with E-state index in [1.807, 2.05) is 0 Å². The van der Waals surface area contributed by atoms with Gasteiger partial charge in [0, 0.05) is 18.2 Å². The SMILES string of the molecule is C[C@H](N[C@H]1CCCC[C@H]1C)C(=O)Nc1ccc([N+](=O)[O-])cc1C(F)(F)F. The van der Waals surface area contributed by atoms with E-state index in [0.717, 1.165) is 37.8 Å². The van der Waals surface area contributed by atoms with Crippen LogP contribution in [0.1, 0.15) is 45.1 Å². The first-order chi connectivity index (χ1) is 12.1. The molecule has 2 rings (SSSR count). The molecule has 0 aliphatic heterocycles. The molecular weight excluding hydrogens is 351 g/mol. The van der Waals surface area contributed by atoms with Crippen molar-refractivity contribution in [3.05, 3.63) is 33.9 Å². The molecule has 1 aliphatic carbocycles. The van der Waals surface area contributed by atoms with E-state index in [4.69, 9.17) is 0 Å². The summed E-state index contributed by atoms with van der Waals surface area (Å²) in [4.78, 5) is 22.1. The monoisotopic (exact) mass is 373 g/mol. The molecule has 0 radical (unpaired) electrons. The second-order valence-electron chi connectivity index (χ2n) is 6.73. The Labute approximate surface area is 149 Å². The summed E-state index contributed by atoms with van der Waals surface area (Å²) in [6.45, 7) is 3.68. The Hall–Kier alpha value is -2.16. The third-order valence-corrected chi connectivity index (χ3v) is 4.75. The van der Waals surface area contributed by atoms with Crippen molar-refractivity contribution in [2.24, 2.45) is 5.92 Å². The Morgan fingerprint density at radius 1 is 1.31 bits per heavy atom. The highest BCUT2D eigenvalue weighted by Crippen LogP contribution is 2.37. The van der Waals surface area contributed by atoms with Gasteiger partial charge in [-0.2, -0.15) is 13.2 Å². The van der Waals surface area contributed by atoms with Gasteiger partial charge in [-0.3, -0.25) is 14.9 Å². The van der Waals surface area contributed by atoms with E-state index in [0.29, 0.717) is 12.0 Å². The number of hydrogen-bond acceptors (Lipinski definition) is 4. The number of hydrogen-bond donors (Lipinski definition) is 2. The van der Waals surface area contributed by atoms with Crippen LogP contribution in [-0.4, -0.2) is 22.9 Å². The van der Waals surface area contributed by atoms with Gasteiger partial charge in [-0.05, 0) is 31.7 Å². The number of rotatable bonds is 5. The van der Waals surface area contributed by atoms with Crippen LogP contribution in [0.2, 0.25) is 0 Å². The zero-order valence-corrected chi connectivity index (χ0v) is 14.6. The molecular formula is C17H22F3N3O3. The Bertz CT molecular complexity index is 679. The highest BCUT2D eigenvalue weighted by Gasteiger charge is 2.36. The molecule has 1 fully saturated rings. The van der Waals surface area contributed by atoms with E-state index in [1.165, 1.54) is 0 Å². The zero-order valence-electron chi connectivity index (χ0n) is 14.6. The Balaban J connectivity index is 2.13. The average molecular weight is 373 g/mol. The quantitative estimate of drug-likeness (QED) is 0.601. The lowest BCUT2D eigenvalue weighted by atomic mass is 9.85. The number of nitrogens with one attached hydrogen (secondary N) is 2. The van der Waals surface area contributed by atoms with Crippen LogP contribution in [0.25, 0.3) is 0 Å². The summed E-state index contributed by atoms with van der Waals surface area (Å²) in [6.07, 6.45) is -0.658. The van der Waals surface area contributed by atoms with E-state index >= 15 is 0 Å². The molecule has 0 saturated heterocycles. The zero-order chi connectivity index (χ0) is 19.5. The fraction of sp³-hybridized carbons (Fsp3) is 0.588. The van der Waals surface area contributed by atoms with Crippen LogP contribution in [0.5, 0.6) is 0 Å². The van der Waals surface area contributed by atoms with Gasteiger partial charge in [0.15, 0.2) is 0 Å². The van der Waals surface area contributed by atoms with Crippen molar-refractivity contribution in [3.63, 3.8) is 0 Å².